The number of rotatable bonds is 6. The van der Waals surface area contributed by atoms with Gasteiger partial charge in [0.25, 0.3) is 11.8 Å². The van der Waals surface area contributed by atoms with Crippen molar-refractivity contribution in [3.05, 3.63) is 68.5 Å². The van der Waals surface area contributed by atoms with Crippen molar-refractivity contribution in [1.82, 2.24) is 20.1 Å². The Labute approximate surface area is 186 Å². The van der Waals surface area contributed by atoms with Crippen LogP contribution >= 0.6 is 34.8 Å². The molecule has 0 bridgehead atoms. The smallest absolute Gasteiger partial charge is 0.274 e. The van der Waals surface area contributed by atoms with Gasteiger partial charge < -0.3 is 10.6 Å². The van der Waals surface area contributed by atoms with Crippen LogP contribution in [0, 0.1) is 0 Å². The standard InChI is InChI=1S/C19H15Cl3FN5O2/c1-2-24-18(29)12-6-10(20)7-14(22)16(12)26-19(30)15-8-11(9-23)27-28(15)17-13(21)4-3-5-25-17/h3-8H,2,9H2,1H3,(H,24,29)(H,26,30). The van der Waals surface area contributed by atoms with Crippen LogP contribution in [0.25, 0.3) is 5.82 Å². The molecule has 156 valence electrons. The molecule has 2 N–H and O–H groups in total. The number of hydrogen-bond acceptors (Lipinski definition) is 4. The summed E-state index contributed by atoms with van der Waals surface area (Å²) < 4.78 is 14.4. The van der Waals surface area contributed by atoms with E-state index in [-0.39, 0.29) is 43.5 Å². The van der Waals surface area contributed by atoms with E-state index in [9.17, 15) is 14.0 Å². The molecule has 0 fully saturated rings. The third-order valence-corrected chi connectivity index (χ3v) is 4.76. The monoisotopic (exact) mass is 469 g/mol. The second-order valence-electron chi connectivity index (χ2n) is 6.00. The molecule has 0 aliphatic carbocycles. The highest BCUT2D eigenvalue weighted by molar-refractivity contribution is 6.38. The molecule has 2 amide bonds. The molecule has 0 saturated carbocycles. The van der Waals surface area contributed by atoms with Crippen molar-refractivity contribution >= 4 is 52.3 Å². The minimum atomic E-state index is -0.899. The van der Waals surface area contributed by atoms with Crippen molar-refractivity contribution in [3.63, 3.8) is 0 Å². The quantitative estimate of drug-likeness (QED) is 0.546. The molecular formula is C19H15Cl3FN5O2. The number of anilines is 1. The third-order valence-electron chi connectivity index (χ3n) is 3.94. The minimum Gasteiger partial charge on any atom is -0.352 e. The van der Waals surface area contributed by atoms with Gasteiger partial charge in [-0.15, -0.1) is 0 Å². The zero-order chi connectivity index (χ0) is 21.8. The number of carbonyl (C=O) groups excluding carboxylic acids is 2. The Kier molecular flexibility index (Phi) is 6.91. The van der Waals surface area contributed by atoms with Gasteiger partial charge in [-0.1, -0.05) is 34.8 Å². The van der Waals surface area contributed by atoms with Gasteiger partial charge in [-0.2, -0.15) is 5.10 Å². The van der Waals surface area contributed by atoms with Gasteiger partial charge in [-0.25, -0.2) is 14.1 Å². The van der Waals surface area contributed by atoms with Crippen molar-refractivity contribution in [3.8, 4) is 5.82 Å². The Morgan fingerprint density at radius 1 is 1.13 bits per heavy atom. The van der Waals surface area contributed by atoms with Crippen molar-refractivity contribution < 1.29 is 14.0 Å². The molecule has 0 saturated heterocycles. The van der Waals surface area contributed by atoms with Gasteiger partial charge in [-0.05, 0) is 37.3 Å². The molecule has 2 heterocycles. The van der Waals surface area contributed by atoms with Gasteiger partial charge in [0, 0.05) is 17.8 Å². The molecule has 0 aliphatic rings. The first-order valence-electron chi connectivity index (χ1n) is 8.70. The molecule has 3 rings (SSSR count). The first kappa shape index (κ1) is 22.0. The molecule has 0 atom stereocenters. The maximum absolute atomic E-state index is 13.2. The molecule has 1 aromatic carbocycles. The third kappa shape index (κ3) is 4.56. The summed E-state index contributed by atoms with van der Waals surface area (Å²) in [5.41, 5.74) is 0.0955. The summed E-state index contributed by atoms with van der Waals surface area (Å²) in [6, 6.07) is 7.20. The second kappa shape index (κ2) is 9.42. The molecule has 0 spiro atoms. The fourth-order valence-electron chi connectivity index (χ4n) is 2.66. The van der Waals surface area contributed by atoms with Gasteiger partial charge in [-0.3, -0.25) is 9.59 Å². The Hall–Kier alpha value is -2.68. The van der Waals surface area contributed by atoms with Crippen molar-refractivity contribution in [2.75, 3.05) is 11.9 Å². The summed E-state index contributed by atoms with van der Waals surface area (Å²) in [6.07, 6.45) is 1.46. The Bertz CT molecular complexity index is 1120. The molecule has 7 nitrogen and oxygen atoms in total. The topological polar surface area (TPSA) is 88.9 Å². The number of halogens is 4. The summed E-state index contributed by atoms with van der Waals surface area (Å²) in [5, 5.41) is 9.76. The van der Waals surface area contributed by atoms with Crippen LogP contribution in [-0.4, -0.2) is 33.1 Å². The van der Waals surface area contributed by atoms with E-state index in [4.69, 9.17) is 34.8 Å². The first-order valence-corrected chi connectivity index (χ1v) is 9.83. The molecule has 3 aromatic rings. The summed E-state index contributed by atoms with van der Waals surface area (Å²) >= 11 is 18.4. The van der Waals surface area contributed by atoms with Crippen LogP contribution in [0.1, 0.15) is 33.5 Å². The fourth-order valence-corrected chi connectivity index (χ4v) is 3.41. The number of nitrogens with one attached hydrogen (secondary N) is 2. The van der Waals surface area contributed by atoms with E-state index < -0.39 is 18.5 Å². The Morgan fingerprint density at radius 3 is 2.57 bits per heavy atom. The van der Waals surface area contributed by atoms with E-state index in [1.807, 2.05) is 0 Å². The maximum Gasteiger partial charge on any atom is 0.274 e. The lowest BCUT2D eigenvalue weighted by Crippen LogP contribution is -2.25. The highest BCUT2D eigenvalue weighted by Gasteiger charge is 2.23. The Morgan fingerprint density at radius 2 is 1.90 bits per heavy atom. The van der Waals surface area contributed by atoms with Crippen molar-refractivity contribution in [2.45, 2.75) is 13.6 Å². The molecular weight excluding hydrogens is 456 g/mol. The summed E-state index contributed by atoms with van der Waals surface area (Å²) in [7, 11) is 0. The van der Waals surface area contributed by atoms with E-state index in [0.29, 0.717) is 6.54 Å². The number of hydrogen-bond donors (Lipinski definition) is 2. The lowest BCUT2D eigenvalue weighted by atomic mass is 10.1. The lowest BCUT2D eigenvalue weighted by molar-refractivity contribution is 0.0956. The van der Waals surface area contributed by atoms with Crippen molar-refractivity contribution in [2.24, 2.45) is 0 Å². The summed E-state index contributed by atoms with van der Waals surface area (Å²) in [4.78, 5) is 29.5. The fraction of sp³-hybridized carbons (Fsp3) is 0.158. The van der Waals surface area contributed by atoms with E-state index in [0.717, 1.165) is 4.68 Å². The zero-order valence-corrected chi connectivity index (χ0v) is 17.8. The number of amides is 2. The van der Waals surface area contributed by atoms with Gasteiger partial charge >= 0.3 is 0 Å². The molecule has 0 unspecified atom stereocenters. The first-order chi connectivity index (χ1) is 14.3. The lowest BCUT2D eigenvalue weighted by Gasteiger charge is -2.14. The van der Waals surface area contributed by atoms with Gasteiger partial charge in [0.15, 0.2) is 5.82 Å². The number of pyridine rings is 1. The number of alkyl halides is 1. The molecule has 11 heteroatoms. The van der Waals surface area contributed by atoms with Crippen LogP contribution < -0.4 is 10.6 Å². The molecule has 30 heavy (non-hydrogen) atoms. The Balaban J connectivity index is 2.05. The van der Waals surface area contributed by atoms with Crippen LogP contribution in [0.2, 0.25) is 15.1 Å². The number of carbonyl (C=O) groups is 2. The van der Waals surface area contributed by atoms with Crippen LogP contribution in [0.3, 0.4) is 0 Å². The second-order valence-corrected chi connectivity index (χ2v) is 7.25. The average Bonchev–Trinajstić information content (AvgIpc) is 3.14. The van der Waals surface area contributed by atoms with Crippen LogP contribution in [0.4, 0.5) is 10.1 Å². The van der Waals surface area contributed by atoms with Crippen LogP contribution in [0.15, 0.2) is 36.5 Å². The zero-order valence-electron chi connectivity index (χ0n) is 15.5. The number of benzene rings is 1. The number of nitrogens with zero attached hydrogens (tertiary/aromatic N) is 3. The average molecular weight is 471 g/mol. The van der Waals surface area contributed by atoms with Gasteiger partial charge in [0.1, 0.15) is 12.4 Å². The normalized spacial score (nSPS) is 10.7. The number of aromatic nitrogens is 3. The van der Waals surface area contributed by atoms with E-state index in [1.54, 1.807) is 19.1 Å². The van der Waals surface area contributed by atoms with Crippen LogP contribution in [0.5, 0.6) is 0 Å². The predicted octanol–water partition coefficient (Wildman–Crippen LogP) is 4.70. The summed E-state index contributed by atoms with van der Waals surface area (Å²) in [6.45, 7) is 1.21. The summed E-state index contributed by atoms with van der Waals surface area (Å²) in [5.74, 6) is -1.02. The SMILES string of the molecule is CCNC(=O)c1cc(Cl)cc(Cl)c1NC(=O)c1cc(CF)nn1-c1ncccc1Cl. The predicted molar refractivity (Wildman–Crippen MR) is 114 cm³/mol. The minimum absolute atomic E-state index is 0.00743. The largest absolute Gasteiger partial charge is 0.352 e. The highest BCUT2D eigenvalue weighted by Crippen LogP contribution is 2.31. The van der Waals surface area contributed by atoms with E-state index in [1.165, 1.54) is 24.4 Å². The van der Waals surface area contributed by atoms with Crippen molar-refractivity contribution in [1.29, 1.82) is 0 Å². The van der Waals surface area contributed by atoms with E-state index in [2.05, 4.69) is 20.7 Å². The molecule has 0 radical (unpaired) electrons. The van der Waals surface area contributed by atoms with Gasteiger partial charge in [0.05, 0.1) is 27.0 Å². The molecule has 2 aromatic heterocycles. The highest BCUT2D eigenvalue weighted by atomic mass is 35.5. The van der Waals surface area contributed by atoms with E-state index >= 15 is 0 Å². The van der Waals surface area contributed by atoms with Crippen LogP contribution in [-0.2, 0) is 6.67 Å². The maximum atomic E-state index is 13.2. The van der Waals surface area contributed by atoms with Gasteiger partial charge in [0.2, 0.25) is 0 Å². The molecule has 0 aliphatic heterocycles.